The minimum atomic E-state index is -0.0861. The van der Waals surface area contributed by atoms with Crippen LogP contribution >= 0.6 is 0 Å². The average molecular weight is 264 g/mol. The maximum absolute atomic E-state index is 12.4. The fourth-order valence-corrected chi connectivity index (χ4v) is 2.68. The predicted molar refractivity (Wildman–Crippen MR) is 70.7 cm³/mol. The van der Waals surface area contributed by atoms with Gasteiger partial charge < -0.3 is 15.7 Å². The lowest BCUT2D eigenvalue weighted by Crippen LogP contribution is -2.39. The van der Waals surface area contributed by atoms with Gasteiger partial charge in [0.15, 0.2) is 5.69 Å². The van der Waals surface area contributed by atoms with Crippen molar-refractivity contribution in [3.05, 3.63) is 11.4 Å². The number of hydrogen-bond acceptors (Lipinski definition) is 4. The van der Waals surface area contributed by atoms with E-state index in [1.807, 2.05) is 0 Å². The molecule has 6 nitrogen and oxygen atoms in total. The van der Waals surface area contributed by atoms with Crippen LogP contribution in [0.1, 0.15) is 47.8 Å². The third kappa shape index (κ3) is 2.32. The van der Waals surface area contributed by atoms with Gasteiger partial charge in [0.05, 0.1) is 11.4 Å². The first-order valence-corrected chi connectivity index (χ1v) is 6.94. The second-order valence-corrected chi connectivity index (χ2v) is 5.59. The van der Waals surface area contributed by atoms with Gasteiger partial charge in [-0.25, -0.2) is 0 Å². The molecule has 0 atom stereocenters. The maximum atomic E-state index is 12.4. The van der Waals surface area contributed by atoms with Gasteiger partial charge in [-0.3, -0.25) is 9.89 Å². The number of aromatic amines is 1. The average Bonchev–Trinajstić information content (AvgIpc) is 3.21. The number of aliphatic hydroxyl groups excluding tert-OH is 1. The molecule has 1 aromatic heterocycles. The van der Waals surface area contributed by atoms with Gasteiger partial charge >= 0.3 is 0 Å². The van der Waals surface area contributed by atoms with Crippen molar-refractivity contribution in [3.8, 4) is 0 Å². The fourth-order valence-electron chi connectivity index (χ4n) is 2.68. The lowest BCUT2D eigenvalue weighted by molar-refractivity contribution is 0.0646. The van der Waals surface area contributed by atoms with Gasteiger partial charge in [0, 0.05) is 25.6 Å². The Morgan fingerprint density at radius 2 is 2.05 bits per heavy atom. The Hall–Kier alpha value is -1.56. The Kier molecular flexibility index (Phi) is 3.18. The SMILES string of the molecule is Nc1c(C(=O)N2CCC(CO)CC2)n[nH]c1C1CC1. The van der Waals surface area contributed by atoms with E-state index >= 15 is 0 Å². The van der Waals surface area contributed by atoms with Crippen LogP contribution in [0.5, 0.6) is 0 Å². The zero-order valence-corrected chi connectivity index (χ0v) is 10.9. The van der Waals surface area contributed by atoms with Crippen LogP contribution in [-0.2, 0) is 0 Å². The number of anilines is 1. The number of amides is 1. The molecule has 4 N–H and O–H groups in total. The fraction of sp³-hybridized carbons (Fsp3) is 0.692. The zero-order chi connectivity index (χ0) is 13.4. The number of carbonyl (C=O) groups excluding carboxylic acids is 1. The summed E-state index contributed by atoms with van der Waals surface area (Å²) in [5, 5.41) is 16.1. The molecule has 2 heterocycles. The first-order chi connectivity index (χ1) is 9.20. The van der Waals surface area contributed by atoms with Gasteiger partial charge in [-0.05, 0) is 31.6 Å². The second-order valence-electron chi connectivity index (χ2n) is 5.59. The van der Waals surface area contributed by atoms with Crippen molar-refractivity contribution in [2.45, 2.75) is 31.6 Å². The first kappa shape index (κ1) is 12.5. The van der Waals surface area contributed by atoms with Crippen LogP contribution < -0.4 is 5.73 Å². The lowest BCUT2D eigenvalue weighted by Gasteiger charge is -2.30. The molecule has 1 aliphatic carbocycles. The van der Waals surface area contributed by atoms with Crippen LogP contribution in [0, 0.1) is 5.92 Å². The molecular formula is C13H20N4O2. The van der Waals surface area contributed by atoms with Gasteiger partial charge in [0.25, 0.3) is 5.91 Å². The van der Waals surface area contributed by atoms with E-state index in [0.29, 0.717) is 36.3 Å². The number of nitrogens with one attached hydrogen (secondary N) is 1. The molecule has 0 spiro atoms. The van der Waals surface area contributed by atoms with Crippen LogP contribution in [0.2, 0.25) is 0 Å². The van der Waals surface area contributed by atoms with E-state index in [1.165, 1.54) is 0 Å². The van der Waals surface area contributed by atoms with Gasteiger partial charge in [0.1, 0.15) is 0 Å². The molecule has 1 aliphatic heterocycles. The predicted octanol–water partition coefficient (Wildman–Crippen LogP) is 0.714. The highest BCUT2D eigenvalue weighted by Crippen LogP contribution is 2.42. The molecule has 2 fully saturated rings. The summed E-state index contributed by atoms with van der Waals surface area (Å²) in [5.41, 5.74) is 7.84. The van der Waals surface area contributed by atoms with Gasteiger partial charge in [0.2, 0.25) is 0 Å². The minimum Gasteiger partial charge on any atom is -0.396 e. The van der Waals surface area contributed by atoms with Gasteiger partial charge in [-0.2, -0.15) is 5.10 Å². The van der Waals surface area contributed by atoms with E-state index in [1.54, 1.807) is 4.90 Å². The highest BCUT2D eigenvalue weighted by Gasteiger charge is 2.32. The Bertz CT molecular complexity index is 473. The summed E-state index contributed by atoms with van der Waals surface area (Å²) in [6, 6.07) is 0. The third-order valence-electron chi connectivity index (χ3n) is 4.18. The number of rotatable bonds is 3. The highest BCUT2D eigenvalue weighted by atomic mass is 16.3. The number of hydrogen-bond donors (Lipinski definition) is 3. The largest absolute Gasteiger partial charge is 0.396 e. The standard InChI is InChI=1S/C13H20N4O2/c14-10-11(9-1-2-9)15-16-12(10)13(19)17-5-3-8(7-18)4-6-17/h8-9,18H,1-7,14H2,(H,15,16). The monoisotopic (exact) mass is 264 g/mol. The topological polar surface area (TPSA) is 95.2 Å². The summed E-state index contributed by atoms with van der Waals surface area (Å²) < 4.78 is 0. The summed E-state index contributed by atoms with van der Waals surface area (Å²) in [6.45, 7) is 1.56. The molecule has 104 valence electrons. The molecule has 19 heavy (non-hydrogen) atoms. The molecule has 1 saturated heterocycles. The van der Waals surface area contributed by atoms with E-state index in [9.17, 15) is 4.79 Å². The van der Waals surface area contributed by atoms with Crippen LogP contribution in [0.4, 0.5) is 5.69 Å². The molecule has 0 unspecified atom stereocenters. The Balaban J connectivity index is 1.70. The van der Waals surface area contributed by atoms with E-state index in [2.05, 4.69) is 10.2 Å². The number of carbonyl (C=O) groups is 1. The molecule has 2 aliphatic rings. The molecule has 1 saturated carbocycles. The van der Waals surface area contributed by atoms with Crippen LogP contribution in [0.3, 0.4) is 0 Å². The van der Waals surface area contributed by atoms with Crippen molar-refractivity contribution in [2.24, 2.45) is 5.92 Å². The number of H-pyrrole nitrogens is 1. The molecule has 0 aromatic carbocycles. The number of piperidine rings is 1. The molecule has 1 amide bonds. The van der Waals surface area contributed by atoms with Crippen LogP contribution in [0.15, 0.2) is 0 Å². The number of nitrogens with zero attached hydrogens (tertiary/aromatic N) is 2. The summed E-state index contributed by atoms with van der Waals surface area (Å²) in [7, 11) is 0. The highest BCUT2D eigenvalue weighted by molar-refractivity contribution is 5.97. The van der Waals surface area contributed by atoms with Crippen molar-refractivity contribution >= 4 is 11.6 Å². The number of nitrogens with two attached hydrogens (primary N) is 1. The van der Waals surface area contributed by atoms with Crippen molar-refractivity contribution in [3.63, 3.8) is 0 Å². The molecule has 1 aromatic rings. The quantitative estimate of drug-likeness (QED) is 0.749. The van der Waals surface area contributed by atoms with E-state index in [-0.39, 0.29) is 12.5 Å². The maximum Gasteiger partial charge on any atom is 0.276 e. The van der Waals surface area contributed by atoms with Gasteiger partial charge in [-0.15, -0.1) is 0 Å². The van der Waals surface area contributed by atoms with Crippen molar-refractivity contribution in [2.75, 3.05) is 25.4 Å². The third-order valence-corrected chi connectivity index (χ3v) is 4.18. The van der Waals surface area contributed by atoms with Gasteiger partial charge in [-0.1, -0.05) is 0 Å². The summed E-state index contributed by atoms with van der Waals surface area (Å²) in [4.78, 5) is 14.2. The Morgan fingerprint density at radius 1 is 1.37 bits per heavy atom. The summed E-state index contributed by atoms with van der Waals surface area (Å²) >= 11 is 0. The zero-order valence-electron chi connectivity index (χ0n) is 10.9. The number of aromatic nitrogens is 2. The van der Waals surface area contributed by atoms with Crippen molar-refractivity contribution in [1.82, 2.24) is 15.1 Å². The molecule has 6 heteroatoms. The first-order valence-electron chi connectivity index (χ1n) is 6.94. The summed E-state index contributed by atoms with van der Waals surface area (Å²) in [6.07, 6.45) is 3.95. The number of likely N-dealkylation sites (tertiary alicyclic amines) is 1. The Labute approximate surface area is 112 Å². The number of aliphatic hydroxyl groups is 1. The van der Waals surface area contributed by atoms with Crippen molar-refractivity contribution < 1.29 is 9.90 Å². The normalized spacial score (nSPS) is 20.8. The van der Waals surface area contributed by atoms with Crippen LogP contribution in [0.25, 0.3) is 0 Å². The van der Waals surface area contributed by atoms with E-state index in [4.69, 9.17) is 10.8 Å². The molecule has 3 rings (SSSR count). The summed E-state index contributed by atoms with van der Waals surface area (Å²) in [5.74, 6) is 0.703. The lowest BCUT2D eigenvalue weighted by atomic mass is 9.97. The van der Waals surface area contributed by atoms with Crippen molar-refractivity contribution in [1.29, 1.82) is 0 Å². The minimum absolute atomic E-state index is 0.0861. The van der Waals surface area contributed by atoms with E-state index in [0.717, 1.165) is 31.4 Å². The number of nitrogen functional groups attached to an aromatic ring is 1. The smallest absolute Gasteiger partial charge is 0.276 e. The van der Waals surface area contributed by atoms with Crippen LogP contribution in [-0.4, -0.2) is 45.8 Å². The Morgan fingerprint density at radius 3 is 2.63 bits per heavy atom. The molecular weight excluding hydrogens is 244 g/mol. The van der Waals surface area contributed by atoms with E-state index < -0.39 is 0 Å². The molecule has 0 bridgehead atoms. The second kappa shape index (κ2) is 4.85. The molecule has 0 radical (unpaired) electrons.